The number of alkyl carbamates (subject to hydrolysis) is 1. The van der Waals surface area contributed by atoms with Crippen molar-refractivity contribution in [2.45, 2.75) is 32.4 Å². The second kappa shape index (κ2) is 7.98. The third-order valence-corrected chi connectivity index (χ3v) is 4.22. The highest BCUT2D eigenvalue weighted by molar-refractivity contribution is 6.31. The van der Waals surface area contributed by atoms with Crippen LogP contribution in [0, 0.1) is 0 Å². The molecule has 28 heavy (non-hydrogen) atoms. The first kappa shape index (κ1) is 19.8. The van der Waals surface area contributed by atoms with Gasteiger partial charge in [0.25, 0.3) is 0 Å². The van der Waals surface area contributed by atoms with E-state index in [2.05, 4.69) is 15.3 Å². The highest BCUT2D eigenvalue weighted by atomic mass is 35.5. The van der Waals surface area contributed by atoms with Gasteiger partial charge in [-0.05, 0) is 44.5 Å². The zero-order valence-corrected chi connectivity index (χ0v) is 16.6. The summed E-state index contributed by atoms with van der Waals surface area (Å²) < 4.78 is 11.2. The smallest absolute Gasteiger partial charge is 0.408 e. The molecule has 0 fully saturated rings. The molecular weight excluding hydrogens is 382 g/mol. The Bertz CT molecular complexity index is 1040. The number of halogens is 1. The Balaban J connectivity index is 1.78. The minimum Gasteiger partial charge on any atom is -0.491 e. The summed E-state index contributed by atoms with van der Waals surface area (Å²) in [6.07, 6.45) is -0.563. The average molecular weight is 404 g/mol. The summed E-state index contributed by atoms with van der Waals surface area (Å²) in [6.45, 7) is 5.50. The maximum atomic E-state index is 12.3. The summed E-state index contributed by atoms with van der Waals surface area (Å²) >= 11 is 6.31. The van der Waals surface area contributed by atoms with Crippen LogP contribution in [0.25, 0.3) is 11.0 Å². The monoisotopic (exact) mass is 403 g/mol. The Kier molecular flexibility index (Phi) is 5.65. The van der Waals surface area contributed by atoms with Crippen LogP contribution in [-0.4, -0.2) is 28.3 Å². The molecule has 148 valence electrons. The summed E-state index contributed by atoms with van der Waals surface area (Å²) in [7, 11) is 0. The van der Waals surface area contributed by atoms with Gasteiger partial charge in [0.05, 0.1) is 17.1 Å². The molecule has 1 atom stereocenters. The van der Waals surface area contributed by atoms with E-state index in [4.69, 9.17) is 21.1 Å². The van der Waals surface area contributed by atoms with Gasteiger partial charge in [-0.15, -0.1) is 0 Å². The van der Waals surface area contributed by atoms with Crippen LogP contribution >= 0.6 is 11.6 Å². The first-order valence-electron chi connectivity index (χ1n) is 8.80. The lowest BCUT2D eigenvalue weighted by atomic mass is 10.1. The van der Waals surface area contributed by atoms with Crippen LogP contribution < -0.4 is 15.7 Å². The van der Waals surface area contributed by atoms with Gasteiger partial charge < -0.3 is 24.8 Å². The van der Waals surface area contributed by atoms with E-state index in [1.807, 2.05) is 18.2 Å². The second-order valence-electron chi connectivity index (χ2n) is 7.32. The molecule has 0 aliphatic heterocycles. The van der Waals surface area contributed by atoms with Crippen LogP contribution in [0.15, 0.2) is 47.3 Å². The van der Waals surface area contributed by atoms with E-state index in [0.717, 1.165) is 0 Å². The van der Waals surface area contributed by atoms with Crippen molar-refractivity contribution in [2.75, 3.05) is 6.61 Å². The fourth-order valence-electron chi connectivity index (χ4n) is 2.70. The van der Waals surface area contributed by atoms with Gasteiger partial charge in [0.15, 0.2) is 0 Å². The number of hydrogen-bond donors (Lipinski definition) is 3. The molecule has 1 aromatic heterocycles. The van der Waals surface area contributed by atoms with E-state index in [9.17, 15) is 9.59 Å². The number of rotatable bonds is 5. The molecule has 0 aliphatic rings. The molecule has 0 unspecified atom stereocenters. The molecule has 3 rings (SSSR count). The van der Waals surface area contributed by atoms with Crippen molar-refractivity contribution in [2.24, 2.45) is 0 Å². The van der Waals surface area contributed by atoms with E-state index in [0.29, 0.717) is 27.4 Å². The predicted molar refractivity (Wildman–Crippen MR) is 108 cm³/mol. The van der Waals surface area contributed by atoms with E-state index < -0.39 is 17.7 Å². The van der Waals surface area contributed by atoms with E-state index in [-0.39, 0.29) is 12.3 Å². The number of carbonyl (C=O) groups excluding carboxylic acids is 1. The summed E-state index contributed by atoms with van der Waals surface area (Å²) in [5.41, 5.74) is 1.13. The van der Waals surface area contributed by atoms with Crippen molar-refractivity contribution in [1.82, 2.24) is 15.3 Å². The fourth-order valence-corrected chi connectivity index (χ4v) is 2.97. The zero-order valence-electron chi connectivity index (χ0n) is 15.8. The van der Waals surface area contributed by atoms with Gasteiger partial charge in [-0.3, -0.25) is 0 Å². The number of H-pyrrole nitrogens is 2. The van der Waals surface area contributed by atoms with Crippen LogP contribution in [0.1, 0.15) is 32.4 Å². The molecule has 3 aromatic rings. The molecule has 8 heteroatoms. The third-order valence-electron chi connectivity index (χ3n) is 3.88. The average Bonchev–Trinajstić information content (AvgIpc) is 2.97. The quantitative estimate of drug-likeness (QED) is 0.596. The predicted octanol–water partition coefficient (Wildman–Crippen LogP) is 4.15. The van der Waals surface area contributed by atoms with E-state index >= 15 is 0 Å². The Morgan fingerprint density at radius 2 is 1.86 bits per heavy atom. The zero-order chi connectivity index (χ0) is 20.3. The maximum absolute atomic E-state index is 12.3. The molecule has 0 spiro atoms. The number of hydrogen-bond acceptors (Lipinski definition) is 4. The van der Waals surface area contributed by atoms with E-state index in [1.54, 1.807) is 45.0 Å². The minimum absolute atomic E-state index is 0.128. The lowest BCUT2D eigenvalue weighted by molar-refractivity contribution is 0.0487. The van der Waals surface area contributed by atoms with Crippen molar-refractivity contribution < 1.29 is 14.3 Å². The molecule has 0 aliphatic carbocycles. The number of fused-ring (bicyclic) bond motifs is 1. The standard InChI is InChI=1S/C20H22ClN3O4/c1-20(2,3)28-19(26)24-17(13-6-4-5-7-14(13)21)11-27-12-8-9-15-16(10-12)23-18(25)22-15/h4-10,17H,11H2,1-3H3,(H,24,26)(H2,22,23,25)/t17-/m0/s1. The molecule has 3 N–H and O–H groups in total. The summed E-state index contributed by atoms with van der Waals surface area (Å²) in [5.74, 6) is 0.547. The van der Waals surface area contributed by atoms with Crippen molar-refractivity contribution in [1.29, 1.82) is 0 Å². The van der Waals surface area contributed by atoms with Gasteiger partial charge in [-0.2, -0.15) is 0 Å². The van der Waals surface area contributed by atoms with Crippen molar-refractivity contribution in [3.05, 3.63) is 63.5 Å². The first-order valence-corrected chi connectivity index (χ1v) is 9.18. The number of nitrogens with one attached hydrogen (secondary N) is 3. The molecule has 1 amide bonds. The molecule has 0 radical (unpaired) electrons. The molecule has 2 aromatic carbocycles. The minimum atomic E-state index is -0.624. The molecule has 0 bridgehead atoms. The SMILES string of the molecule is CC(C)(C)OC(=O)N[C@@H](COc1ccc2[nH]c(=O)[nH]c2c1)c1ccccc1Cl. The number of aromatic amines is 2. The van der Waals surface area contributed by atoms with Crippen LogP contribution in [0.3, 0.4) is 0 Å². The normalized spacial score (nSPS) is 12.6. The highest BCUT2D eigenvalue weighted by Gasteiger charge is 2.22. The van der Waals surface area contributed by atoms with Crippen molar-refractivity contribution in [3.63, 3.8) is 0 Å². The summed E-state index contributed by atoms with van der Waals surface area (Å²) in [6, 6.07) is 11.9. The van der Waals surface area contributed by atoms with Gasteiger partial charge in [0.1, 0.15) is 18.0 Å². The van der Waals surface area contributed by atoms with Crippen LogP contribution in [0.2, 0.25) is 5.02 Å². The van der Waals surface area contributed by atoms with Gasteiger partial charge in [0.2, 0.25) is 0 Å². The topological polar surface area (TPSA) is 96.2 Å². The Hall–Kier alpha value is -2.93. The number of ether oxygens (including phenoxy) is 2. The Morgan fingerprint density at radius 3 is 2.57 bits per heavy atom. The fraction of sp³-hybridized carbons (Fsp3) is 0.300. The van der Waals surface area contributed by atoms with Crippen LogP contribution in [0.4, 0.5) is 4.79 Å². The van der Waals surface area contributed by atoms with Gasteiger partial charge in [-0.25, -0.2) is 9.59 Å². The maximum Gasteiger partial charge on any atom is 0.408 e. The second-order valence-corrected chi connectivity index (χ2v) is 7.73. The molecule has 0 saturated carbocycles. The highest BCUT2D eigenvalue weighted by Crippen LogP contribution is 2.25. The van der Waals surface area contributed by atoms with Crippen molar-refractivity contribution >= 4 is 28.7 Å². The van der Waals surface area contributed by atoms with Crippen LogP contribution in [-0.2, 0) is 4.74 Å². The third kappa shape index (κ3) is 5.07. The lowest BCUT2D eigenvalue weighted by Crippen LogP contribution is -2.37. The largest absolute Gasteiger partial charge is 0.491 e. The molecule has 0 saturated heterocycles. The number of carbonyl (C=O) groups is 1. The van der Waals surface area contributed by atoms with E-state index in [1.165, 1.54) is 0 Å². The number of imidazole rings is 1. The van der Waals surface area contributed by atoms with Gasteiger partial charge >= 0.3 is 11.8 Å². The molecule has 7 nitrogen and oxygen atoms in total. The Morgan fingerprint density at radius 1 is 1.14 bits per heavy atom. The summed E-state index contributed by atoms with van der Waals surface area (Å²) in [4.78, 5) is 29.0. The lowest BCUT2D eigenvalue weighted by Gasteiger charge is -2.24. The van der Waals surface area contributed by atoms with Crippen LogP contribution in [0.5, 0.6) is 5.75 Å². The molecule has 1 heterocycles. The number of aromatic nitrogens is 2. The van der Waals surface area contributed by atoms with Gasteiger partial charge in [-0.1, -0.05) is 29.8 Å². The van der Waals surface area contributed by atoms with Crippen molar-refractivity contribution in [3.8, 4) is 5.75 Å². The molecular formula is C20H22ClN3O4. The first-order chi connectivity index (χ1) is 13.2. The number of amides is 1. The number of benzene rings is 2. The van der Waals surface area contributed by atoms with Gasteiger partial charge in [0, 0.05) is 11.1 Å². The summed E-state index contributed by atoms with van der Waals surface area (Å²) in [5, 5.41) is 3.32. The Labute approximate surface area is 167 Å².